The molecule has 28 heteroatoms. The van der Waals surface area contributed by atoms with Crippen molar-refractivity contribution in [1.82, 2.24) is 0 Å². The lowest BCUT2D eigenvalue weighted by molar-refractivity contribution is -0.106. The summed E-state index contributed by atoms with van der Waals surface area (Å²) in [5.41, 5.74) is -23.6. The monoisotopic (exact) mass is 886 g/mol. The van der Waals surface area contributed by atoms with E-state index >= 15 is 0 Å². The number of rotatable bonds is 9. The van der Waals surface area contributed by atoms with Gasteiger partial charge in [-0.2, -0.15) is 52.7 Å². The van der Waals surface area contributed by atoms with E-state index in [4.69, 9.17) is 32.7 Å². The first-order chi connectivity index (χ1) is 22.7. The van der Waals surface area contributed by atoms with Crippen LogP contribution in [0.15, 0.2) is 60.7 Å². The fourth-order valence-electron chi connectivity index (χ4n) is 2.81. The van der Waals surface area contributed by atoms with Gasteiger partial charge in [-0.3, -0.25) is 0 Å². The Kier molecular flexibility index (Phi) is 19.8. The summed E-state index contributed by atoms with van der Waals surface area (Å²) in [5, 5.41) is -2.84. The molecule has 2 aromatic carbocycles. The first-order valence-electron chi connectivity index (χ1n) is 12.2. The van der Waals surface area contributed by atoms with Gasteiger partial charge in [0.1, 0.15) is 0 Å². The van der Waals surface area contributed by atoms with Gasteiger partial charge in [-0.05, 0) is 5.56 Å². The molecule has 0 aliphatic carbocycles. The van der Waals surface area contributed by atoms with Crippen LogP contribution in [0.25, 0.3) is 0 Å². The molecule has 0 atom stereocenters. The largest absolute Gasteiger partial charge is 0.498 e. The molecule has 0 amide bonds. The van der Waals surface area contributed by atoms with E-state index < -0.39 is 77.5 Å². The van der Waals surface area contributed by atoms with E-state index in [2.05, 4.69) is 0 Å². The quantitative estimate of drug-likeness (QED) is 0.152. The highest BCUT2D eigenvalue weighted by Crippen LogP contribution is 2.37. The predicted molar refractivity (Wildman–Crippen MR) is 158 cm³/mol. The van der Waals surface area contributed by atoms with Gasteiger partial charge in [0.15, 0.2) is 16.0 Å². The molecule has 0 radical (unpaired) electrons. The van der Waals surface area contributed by atoms with Crippen LogP contribution in [-0.2, 0) is 55.2 Å². The van der Waals surface area contributed by atoms with Gasteiger partial charge in [0.25, 0.3) is 39.3 Å². The Morgan fingerprint density at radius 2 is 0.843 bits per heavy atom. The topological polar surface area (TPSA) is 155 Å². The first-order valence-corrected chi connectivity index (χ1v) is 19.6. The zero-order chi connectivity index (χ0) is 40.9. The first kappa shape index (κ1) is 51.0. The highest BCUT2D eigenvalue weighted by Gasteiger charge is 2.62. The van der Waals surface area contributed by atoms with Gasteiger partial charge in [-0.1, -0.05) is 60.7 Å². The normalized spacial score (nSPS) is 13.3. The average Bonchev–Trinajstić information content (AvgIpc) is 2.96. The Balaban J connectivity index is 0. The molecule has 0 saturated carbocycles. The standard InChI is InChI=1S/C10H8F6O4S2.C9H12O2.C3H2F6O4S2.CH2Cl2/c11-9(12,13)21(17,18)8(22(19,20)10(14,15)16)6-7-4-2-1-3-5-7;1-10-9(11-2)8-6-4-3-5-7-8;4-2(5,6)14(10,11)1-15(12,13)3(7,8)9;2-1-3/h1-5,8H,6H2;3-7,9H,1-2H3;1H2;1H2. The van der Waals surface area contributed by atoms with E-state index in [1.165, 1.54) is 18.2 Å². The van der Waals surface area contributed by atoms with E-state index in [0.717, 1.165) is 17.7 Å². The second-order valence-electron chi connectivity index (χ2n) is 8.65. The van der Waals surface area contributed by atoms with Crippen LogP contribution in [0, 0.1) is 0 Å². The highest BCUT2D eigenvalue weighted by molar-refractivity contribution is 8.10. The maximum absolute atomic E-state index is 12.5. The molecule has 2 rings (SSSR count). The van der Waals surface area contributed by atoms with Crippen molar-refractivity contribution in [2.24, 2.45) is 0 Å². The minimum Gasteiger partial charge on any atom is -0.352 e. The predicted octanol–water partition coefficient (Wildman–Crippen LogP) is 6.64. The van der Waals surface area contributed by atoms with Gasteiger partial charge in [0.2, 0.25) is 0 Å². The van der Waals surface area contributed by atoms with Crippen LogP contribution >= 0.6 is 23.2 Å². The van der Waals surface area contributed by atoms with Crippen molar-refractivity contribution < 1.29 is 95.8 Å². The number of alkyl halides is 14. The molecule has 0 bridgehead atoms. The Hall–Kier alpha value is -2.10. The summed E-state index contributed by atoms with van der Waals surface area (Å²) >= 11 is 9.53. The molecule has 2 aromatic rings. The second-order valence-corrected chi connectivity index (χ2v) is 18.3. The molecule has 0 N–H and O–H groups in total. The van der Waals surface area contributed by atoms with Crippen LogP contribution in [0.5, 0.6) is 0 Å². The third-order valence-electron chi connectivity index (χ3n) is 5.10. The number of hydrogen-bond acceptors (Lipinski definition) is 10. The number of halogens is 14. The van der Waals surface area contributed by atoms with Gasteiger partial charge in [-0.25, -0.2) is 33.7 Å². The van der Waals surface area contributed by atoms with E-state index in [-0.39, 0.29) is 17.2 Å². The summed E-state index contributed by atoms with van der Waals surface area (Å²) in [5.74, 6) is 0. The molecule has 0 unspecified atom stereocenters. The fourth-order valence-corrected chi connectivity index (χ4v) is 8.92. The summed E-state index contributed by atoms with van der Waals surface area (Å²) in [7, 11) is -22.6. The lowest BCUT2D eigenvalue weighted by Crippen LogP contribution is -2.46. The van der Waals surface area contributed by atoms with Crippen molar-refractivity contribution in [2.45, 2.75) is 39.3 Å². The molecule has 0 aliphatic heterocycles. The van der Waals surface area contributed by atoms with Crippen LogP contribution < -0.4 is 0 Å². The van der Waals surface area contributed by atoms with Crippen LogP contribution in [0.3, 0.4) is 0 Å². The molecule has 298 valence electrons. The Morgan fingerprint density at radius 3 is 1.10 bits per heavy atom. The lowest BCUT2D eigenvalue weighted by Gasteiger charge is -2.21. The second kappa shape index (κ2) is 19.8. The molecule has 51 heavy (non-hydrogen) atoms. The molecule has 0 aliphatic rings. The fraction of sp³-hybridized carbons (Fsp3) is 0.478. The molecule has 0 fully saturated rings. The van der Waals surface area contributed by atoms with Gasteiger partial charge in [0, 0.05) is 26.2 Å². The Bertz CT molecular complexity index is 1680. The molecule has 0 spiro atoms. The van der Waals surface area contributed by atoms with E-state index in [0.29, 0.717) is 0 Å². The number of methoxy groups -OCH3 is 2. The molecular weight excluding hydrogens is 863 g/mol. The summed E-state index contributed by atoms with van der Waals surface area (Å²) in [6.45, 7) is 0. The summed E-state index contributed by atoms with van der Waals surface area (Å²) < 4.78 is 236. The third-order valence-corrected chi connectivity index (χ3v) is 13.5. The number of ether oxygens (including phenoxy) is 2. The smallest absolute Gasteiger partial charge is 0.352 e. The van der Waals surface area contributed by atoms with Gasteiger partial charge in [-0.15, -0.1) is 23.2 Å². The molecule has 0 aromatic heterocycles. The van der Waals surface area contributed by atoms with Crippen molar-refractivity contribution in [2.75, 3.05) is 24.6 Å². The van der Waals surface area contributed by atoms with Crippen LogP contribution in [-0.4, -0.2) is 84.9 Å². The lowest BCUT2D eigenvalue weighted by atomic mass is 10.2. The van der Waals surface area contributed by atoms with Crippen LogP contribution in [0.4, 0.5) is 52.7 Å². The molecule has 0 heterocycles. The highest BCUT2D eigenvalue weighted by atomic mass is 35.5. The average molecular weight is 888 g/mol. The van der Waals surface area contributed by atoms with Crippen molar-refractivity contribution in [3.05, 3.63) is 71.8 Å². The van der Waals surface area contributed by atoms with E-state index in [9.17, 15) is 86.4 Å². The minimum atomic E-state index is -6.59. The summed E-state index contributed by atoms with van der Waals surface area (Å²) in [4.78, 5) is 0. The molecule has 10 nitrogen and oxygen atoms in total. The van der Waals surface area contributed by atoms with E-state index in [1.54, 1.807) is 14.2 Å². The number of benzene rings is 2. The zero-order valence-electron chi connectivity index (χ0n) is 25.1. The summed E-state index contributed by atoms with van der Waals surface area (Å²) in [6, 6.07) is 15.7. The van der Waals surface area contributed by atoms with Crippen molar-refractivity contribution >= 4 is 62.6 Å². The van der Waals surface area contributed by atoms with Crippen molar-refractivity contribution in [1.29, 1.82) is 0 Å². The van der Waals surface area contributed by atoms with Crippen molar-refractivity contribution in [3.63, 3.8) is 0 Å². The number of hydrogen-bond donors (Lipinski definition) is 0. The molecular formula is C23H24Cl2F12O10S4. The SMILES string of the molecule is COC(OC)c1ccccc1.ClCCl.O=S(=O)(C(Cc1ccccc1)S(=O)(=O)C(F)(F)F)C(F)(F)F.O=S(=O)(CS(=O)(=O)C(F)(F)F)C(F)(F)F. The number of sulfone groups is 4. The molecule has 0 saturated heterocycles. The summed E-state index contributed by atoms with van der Waals surface area (Å²) in [6.07, 6.45) is -1.71. The van der Waals surface area contributed by atoms with Gasteiger partial charge >= 0.3 is 22.0 Å². The van der Waals surface area contributed by atoms with Crippen molar-refractivity contribution in [3.8, 4) is 0 Å². The minimum absolute atomic E-state index is 0.194. The maximum Gasteiger partial charge on any atom is 0.498 e. The third kappa shape index (κ3) is 15.8. The van der Waals surface area contributed by atoms with Gasteiger partial charge in [0.05, 0.1) is 5.34 Å². The van der Waals surface area contributed by atoms with Crippen LogP contribution in [0.1, 0.15) is 17.4 Å². The Morgan fingerprint density at radius 1 is 0.549 bits per heavy atom. The van der Waals surface area contributed by atoms with Crippen LogP contribution in [0.2, 0.25) is 0 Å². The van der Waals surface area contributed by atoms with Gasteiger partial charge < -0.3 is 9.47 Å². The zero-order valence-corrected chi connectivity index (χ0v) is 29.8. The maximum atomic E-state index is 12.5. The Labute approximate surface area is 293 Å². The van der Waals surface area contributed by atoms with E-state index in [1.807, 2.05) is 30.3 Å².